The van der Waals surface area contributed by atoms with Crippen LogP contribution in [0.25, 0.3) is 11.4 Å². The van der Waals surface area contributed by atoms with Crippen LogP contribution >= 0.6 is 0 Å². The molecule has 0 saturated carbocycles. The number of hydrogen-bond acceptors (Lipinski definition) is 4. The minimum atomic E-state index is -0.0930. The molecule has 2 aromatic carbocycles. The van der Waals surface area contributed by atoms with Gasteiger partial charge in [0.15, 0.2) is 5.82 Å². The molecule has 0 aliphatic carbocycles. The summed E-state index contributed by atoms with van der Waals surface area (Å²) in [4.78, 5) is 21.1. The number of hydrogen-bond donors (Lipinski definition) is 1. The largest absolute Gasteiger partial charge is 0.439 e. The fourth-order valence-electron chi connectivity index (χ4n) is 2.74. The van der Waals surface area contributed by atoms with E-state index in [2.05, 4.69) is 22.2 Å². The van der Waals surface area contributed by atoms with Gasteiger partial charge in [-0.1, -0.05) is 55.7 Å². The lowest BCUT2D eigenvalue weighted by Gasteiger charge is -2.09. The monoisotopic (exact) mass is 375 g/mol. The molecule has 0 aliphatic rings. The quantitative estimate of drug-likeness (QED) is 0.552. The molecule has 0 fully saturated rings. The van der Waals surface area contributed by atoms with E-state index >= 15 is 0 Å². The summed E-state index contributed by atoms with van der Waals surface area (Å²) in [6, 6.07) is 16.8. The molecule has 1 N–H and O–H groups in total. The number of amides is 1. The van der Waals surface area contributed by atoms with Crippen LogP contribution in [0, 0.1) is 6.92 Å². The standard InChI is InChI=1S/C23H25N3O2/c1-3-4-5-14-25-23(27)19-7-6-8-20(16-19)28-21-13-15-24-22(26-21)18-11-9-17(2)10-12-18/h6-13,15-16H,3-5,14H2,1-2H3,(H,25,27). The maximum absolute atomic E-state index is 12.3. The Morgan fingerprint density at radius 2 is 1.89 bits per heavy atom. The second kappa shape index (κ2) is 9.65. The van der Waals surface area contributed by atoms with Crippen molar-refractivity contribution < 1.29 is 9.53 Å². The van der Waals surface area contributed by atoms with Gasteiger partial charge in [-0.2, -0.15) is 4.98 Å². The lowest BCUT2D eigenvalue weighted by atomic mass is 10.1. The lowest BCUT2D eigenvalue weighted by molar-refractivity contribution is 0.0952. The predicted molar refractivity (Wildman–Crippen MR) is 111 cm³/mol. The molecule has 144 valence electrons. The fraction of sp³-hybridized carbons (Fsp3) is 0.261. The van der Waals surface area contributed by atoms with Crippen molar-refractivity contribution in [1.29, 1.82) is 0 Å². The SMILES string of the molecule is CCCCCNC(=O)c1cccc(Oc2ccnc(-c3ccc(C)cc3)n2)c1. The first-order chi connectivity index (χ1) is 13.7. The molecule has 0 spiro atoms. The van der Waals surface area contributed by atoms with Crippen LogP contribution in [0.1, 0.15) is 42.1 Å². The molecule has 0 radical (unpaired) electrons. The van der Waals surface area contributed by atoms with E-state index < -0.39 is 0 Å². The highest BCUT2D eigenvalue weighted by molar-refractivity contribution is 5.94. The highest BCUT2D eigenvalue weighted by Crippen LogP contribution is 2.23. The number of rotatable bonds is 8. The number of aryl methyl sites for hydroxylation is 1. The molecule has 0 saturated heterocycles. The zero-order valence-electron chi connectivity index (χ0n) is 16.3. The Morgan fingerprint density at radius 1 is 1.07 bits per heavy atom. The summed E-state index contributed by atoms with van der Waals surface area (Å²) in [5, 5.41) is 2.94. The van der Waals surface area contributed by atoms with E-state index in [1.54, 1.807) is 30.5 Å². The summed E-state index contributed by atoms with van der Waals surface area (Å²) in [6.07, 6.45) is 4.89. The Labute approximate surface area is 165 Å². The normalized spacial score (nSPS) is 10.5. The smallest absolute Gasteiger partial charge is 0.251 e. The molecular weight excluding hydrogens is 350 g/mol. The molecule has 1 heterocycles. The Balaban J connectivity index is 1.69. The number of nitrogens with one attached hydrogen (secondary N) is 1. The fourth-order valence-corrected chi connectivity index (χ4v) is 2.74. The zero-order chi connectivity index (χ0) is 19.8. The van der Waals surface area contributed by atoms with E-state index in [0.717, 1.165) is 24.8 Å². The molecule has 5 nitrogen and oxygen atoms in total. The number of unbranched alkanes of at least 4 members (excludes halogenated alkanes) is 2. The maximum Gasteiger partial charge on any atom is 0.251 e. The molecule has 3 aromatic rings. The number of carbonyl (C=O) groups excluding carboxylic acids is 1. The van der Waals surface area contributed by atoms with Crippen molar-refractivity contribution in [3.63, 3.8) is 0 Å². The van der Waals surface area contributed by atoms with Crippen LogP contribution in [-0.4, -0.2) is 22.4 Å². The van der Waals surface area contributed by atoms with Gasteiger partial charge in [0.2, 0.25) is 5.88 Å². The van der Waals surface area contributed by atoms with E-state index in [0.29, 0.717) is 29.6 Å². The van der Waals surface area contributed by atoms with Gasteiger partial charge in [-0.3, -0.25) is 4.79 Å². The first-order valence-electron chi connectivity index (χ1n) is 9.62. The van der Waals surface area contributed by atoms with Crippen molar-refractivity contribution in [2.75, 3.05) is 6.54 Å². The first-order valence-corrected chi connectivity index (χ1v) is 9.62. The summed E-state index contributed by atoms with van der Waals surface area (Å²) in [5.74, 6) is 1.51. The van der Waals surface area contributed by atoms with Gasteiger partial charge in [0, 0.05) is 29.9 Å². The number of benzene rings is 2. The second-order valence-corrected chi connectivity index (χ2v) is 6.68. The van der Waals surface area contributed by atoms with Crippen LogP contribution < -0.4 is 10.1 Å². The summed E-state index contributed by atoms with van der Waals surface area (Å²) < 4.78 is 5.87. The van der Waals surface area contributed by atoms with E-state index in [9.17, 15) is 4.79 Å². The van der Waals surface area contributed by atoms with Gasteiger partial charge in [0.1, 0.15) is 5.75 Å². The van der Waals surface area contributed by atoms with Crippen LogP contribution in [-0.2, 0) is 0 Å². The number of aromatic nitrogens is 2. The molecule has 28 heavy (non-hydrogen) atoms. The molecule has 0 unspecified atom stereocenters. The van der Waals surface area contributed by atoms with Crippen LogP contribution in [0.3, 0.4) is 0 Å². The van der Waals surface area contributed by atoms with Gasteiger partial charge >= 0.3 is 0 Å². The van der Waals surface area contributed by atoms with Crippen molar-refractivity contribution >= 4 is 5.91 Å². The first kappa shape index (κ1) is 19.5. The Bertz CT molecular complexity index is 923. The Hall–Kier alpha value is -3.21. The van der Waals surface area contributed by atoms with Crippen molar-refractivity contribution in [2.45, 2.75) is 33.1 Å². The van der Waals surface area contributed by atoms with E-state index in [-0.39, 0.29) is 5.91 Å². The van der Waals surface area contributed by atoms with Crippen molar-refractivity contribution in [3.8, 4) is 23.0 Å². The predicted octanol–water partition coefficient (Wildman–Crippen LogP) is 5.16. The van der Waals surface area contributed by atoms with Gasteiger partial charge in [0.05, 0.1) is 0 Å². The third kappa shape index (κ3) is 5.39. The van der Waals surface area contributed by atoms with Crippen LogP contribution in [0.2, 0.25) is 0 Å². The van der Waals surface area contributed by atoms with Crippen molar-refractivity contribution in [1.82, 2.24) is 15.3 Å². The van der Waals surface area contributed by atoms with E-state index in [1.807, 2.05) is 37.3 Å². The van der Waals surface area contributed by atoms with Crippen molar-refractivity contribution in [3.05, 3.63) is 71.9 Å². The molecule has 1 amide bonds. The van der Waals surface area contributed by atoms with Gasteiger partial charge in [-0.15, -0.1) is 0 Å². The number of nitrogens with zero attached hydrogens (tertiary/aromatic N) is 2. The highest BCUT2D eigenvalue weighted by Gasteiger charge is 2.08. The summed E-state index contributed by atoms with van der Waals surface area (Å²) in [7, 11) is 0. The van der Waals surface area contributed by atoms with Gasteiger partial charge in [-0.25, -0.2) is 4.98 Å². The molecule has 0 aliphatic heterocycles. The Morgan fingerprint density at radius 3 is 2.68 bits per heavy atom. The minimum Gasteiger partial charge on any atom is -0.439 e. The lowest BCUT2D eigenvalue weighted by Crippen LogP contribution is -2.24. The second-order valence-electron chi connectivity index (χ2n) is 6.68. The zero-order valence-corrected chi connectivity index (χ0v) is 16.3. The molecule has 0 bridgehead atoms. The topological polar surface area (TPSA) is 64.1 Å². The van der Waals surface area contributed by atoms with E-state index in [1.165, 1.54) is 5.56 Å². The van der Waals surface area contributed by atoms with Gasteiger partial charge in [-0.05, 0) is 31.5 Å². The molecule has 1 aromatic heterocycles. The third-order valence-electron chi connectivity index (χ3n) is 4.32. The number of ether oxygens (including phenoxy) is 1. The highest BCUT2D eigenvalue weighted by atomic mass is 16.5. The minimum absolute atomic E-state index is 0.0930. The number of carbonyl (C=O) groups is 1. The van der Waals surface area contributed by atoms with Crippen LogP contribution in [0.15, 0.2) is 60.8 Å². The van der Waals surface area contributed by atoms with Crippen LogP contribution in [0.4, 0.5) is 0 Å². The average Bonchev–Trinajstić information content (AvgIpc) is 2.72. The average molecular weight is 375 g/mol. The van der Waals surface area contributed by atoms with Gasteiger partial charge in [0.25, 0.3) is 5.91 Å². The third-order valence-corrected chi connectivity index (χ3v) is 4.32. The van der Waals surface area contributed by atoms with Crippen LogP contribution in [0.5, 0.6) is 11.6 Å². The molecule has 0 atom stereocenters. The van der Waals surface area contributed by atoms with E-state index in [4.69, 9.17) is 4.74 Å². The summed E-state index contributed by atoms with van der Waals surface area (Å²) in [6.45, 7) is 4.86. The summed E-state index contributed by atoms with van der Waals surface area (Å²) >= 11 is 0. The van der Waals surface area contributed by atoms with Gasteiger partial charge < -0.3 is 10.1 Å². The molecular formula is C23H25N3O2. The Kier molecular flexibility index (Phi) is 6.73. The summed E-state index contributed by atoms with van der Waals surface area (Å²) in [5.41, 5.74) is 2.68. The molecule has 3 rings (SSSR count). The molecule has 5 heteroatoms. The van der Waals surface area contributed by atoms with Crippen molar-refractivity contribution in [2.24, 2.45) is 0 Å². The maximum atomic E-state index is 12.3.